The van der Waals surface area contributed by atoms with Gasteiger partial charge >= 0.3 is 0 Å². The number of nitrogens with one attached hydrogen (secondary N) is 1. The molecule has 0 saturated heterocycles. The van der Waals surface area contributed by atoms with Gasteiger partial charge in [0.1, 0.15) is 5.82 Å². The number of benzene rings is 1. The van der Waals surface area contributed by atoms with E-state index in [1.54, 1.807) is 6.92 Å². The first-order chi connectivity index (χ1) is 7.54. The highest BCUT2D eigenvalue weighted by atomic mass is 35.5. The van der Waals surface area contributed by atoms with Crippen LogP contribution in [-0.2, 0) is 4.79 Å². The Hall–Kier alpha value is -1.13. The van der Waals surface area contributed by atoms with Gasteiger partial charge in [-0.05, 0) is 17.7 Å². The molecule has 0 aliphatic heterocycles. The van der Waals surface area contributed by atoms with E-state index in [1.165, 1.54) is 12.1 Å². The molecule has 1 aromatic carbocycles. The van der Waals surface area contributed by atoms with E-state index in [0.29, 0.717) is 12.0 Å². The minimum Gasteiger partial charge on any atom is -0.387 e. The first kappa shape index (κ1) is 12.9. The second-order valence-electron chi connectivity index (χ2n) is 3.35. The summed E-state index contributed by atoms with van der Waals surface area (Å²) in [6.07, 6.45) is -0.580. The number of halogens is 2. The fourth-order valence-electron chi connectivity index (χ4n) is 1.17. The number of rotatable bonds is 4. The number of aliphatic hydroxyl groups is 1. The predicted octanol–water partition coefficient (Wildman–Crippen LogP) is 2.04. The van der Waals surface area contributed by atoms with E-state index in [4.69, 9.17) is 11.6 Å². The van der Waals surface area contributed by atoms with Crippen LogP contribution in [-0.4, -0.2) is 17.6 Å². The standard InChI is InChI=1S/C11H13ClFNO2/c1-2-11(16)14-6-10(15)7-3-4-8(12)9(13)5-7/h3-5,10,15H,2,6H2,1H3,(H,14,16). The fourth-order valence-corrected chi connectivity index (χ4v) is 1.29. The lowest BCUT2D eigenvalue weighted by Gasteiger charge is -2.12. The van der Waals surface area contributed by atoms with Gasteiger partial charge in [0.05, 0.1) is 11.1 Å². The third kappa shape index (κ3) is 3.47. The van der Waals surface area contributed by atoms with Crippen molar-refractivity contribution < 1.29 is 14.3 Å². The van der Waals surface area contributed by atoms with Crippen LogP contribution in [0.1, 0.15) is 25.0 Å². The Bertz CT molecular complexity index is 384. The molecule has 1 rings (SSSR count). The summed E-state index contributed by atoms with van der Waals surface area (Å²) in [6.45, 7) is 1.78. The third-order valence-electron chi connectivity index (χ3n) is 2.14. The molecule has 1 unspecified atom stereocenters. The maximum atomic E-state index is 13.1. The number of hydrogen-bond acceptors (Lipinski definition) is 2. The van der Waals surface area contributed by atoms with Crippen molar-refractivity contribution >= 4 is 17.5 Å². The molecule has 0 bridgehead atoms. The van der Waals surface area contributed by atoms with Crippen LogP contribution in [0.2, 0.25) is 5.02 Å². The van der Waals surface area contributed by atoms with E-state index in [2.05, 4.69) is 5.32 Å². The third-order valence-corrected chi connectivity index (χ3v) is 2.45. The highest BCUT2D eigenvalue weighted by Gasteiger charge is 2.10. The molecule has 0 saturated carbocycles. The van der Waals surface area contributed by atoms with E-state index >= 15 is 0 Å². The molecule has 1 amide bonds. The number of aliphatic hydroxyl groups excluding tert-OH is 1. The smallest absolute Gasteiger partial charge is 0.219 e. The van der Waals surface area contributed by atoms with E-state index in [1.807, 2.05) is 0 Å². The zero-order chi connectivity index (χ0) is 12.1. The number of hydrogen-bond donors (Lipinski definition) is 2. The lowest BCUT2D eigenvalue weighted by atomic mass is 10.1. The summed E-state index contributed by atoms with van der Waals surface area (Å²) in [5.74, 6) is -0.742. The van der Waals surface area contributed by atoms with Gasteiger partial charge < -0.3 is 10.4 Å². The van der Waals surface area contributed by atoms with E-state index < -0.39 is 11.9 Å². The SMILES string of the molecule is CCC(=O)NCC(O)c1ccc(Cl)c(F)c1. The molecule has 1 aromatic rings. The van der Waals surface area contributed by atoms with Crippen LogP contribution in [0, 0.1) is 5.82 Å². The second-order valence-corrected chi connectivity index (χ2v) is 3.75. The van der Waals surface area contributed by atoms with Crippen LogP contribution in [0.5, 0.6) is 0 Å². The molecular weight excluding hydrogens is 233 g/mol. The van der Waals surface area contributed by atoms with E-state index in [0.717, 1.165) is 6.07 Å². The van der Waals surface area contributed by atoms with Crippen LogP contribution in [0.4, 0.5) is 4.39 Å². The quantitative estimate of drug-likeness (QED) is 0.853. The summed E-state index contributed by atoms with van der Waals surface area (Å²) >= 11 is 5.51. The summed E-state index contributed by atoms with van der Waals surface area (Å²) in [7, 11) is 0. The molecule has 0 aromatic heterocycles. The average Bonchev–Trinajstić information content (AvgIpc) is 2.29. The van der Waals surface area contributed by atoms with Crippen LogP contribution in [0.25, 0.3) is 0 Å². The Morgan fingerprint density at radius 1 is 1.62 bits per heavy atom. The van der Waals surface area contributed by atoms with Crippen molar-refractivity contribution in [1.82, 2.24) is 5.32 Å². The molecule has 3 nitrogen and oxygen atoms in total. The van der Waals surface area contributed by atoms with Crippen molar-refractivity contribution in [3.05, 3.63) is 34.6 Å². The lowest BCUT2D eigenvalue weighted by Crippen LogP contribution is -2.27. The van der Waals surface area contributed by atoms with Crippen molar-refractivity contribution in [2.24, 2.45) is 0 Å². The molecule has 1 atom stereocenters. The molecule has 0 aliphatic rings. The minimum atomic E-state index is -0.928. The fraction of sp³-hybridized carbons (Fsp3) is 0.364. The Labute approximate surface area is 98.2 Å². The van der Waals surface area contributed by atoms with Crippen molar-refractivity contribution in [2.75, 3.05) is 6.54 Å². The van der Waals surface area contributed by atoms with Crippen LogP contribution < -0.4 is 5.32 Å². The van der Waals surface area contributed by atoms with Gasteiger partial charge in [-0.1, -0.05) is 24.6 Å². The number of carbonyl (C=O) groups is 1. The zero-order valence-corrected chi connectivity index (χ0v) is 9.59. The van der Waals surface area contributed by atoms with Crippen molar-refractivity contribution in [1.29, 1.82) is 0 Å². The number of amides is 1. The minimum absolute atomic E-state index is 0.00791. The highest BCUT2D eigenvalue weighted by Crippen LogP contribution is 2.19. The Morgan fingerprint density at radius 2 is 2.31 bits per heavy atom. The molecule has 5 heteroatoms. The van der Waals surface area contributed by atoms with Crippen LogP contribution in [0.15, 0.2) is 18.2 Å². The number of carbonyl (C=O) groups excluding carboxylic acids is 1. The van der Waals surface area contributed by atoms with Crippen molar-refractivity contribution in [3.8, 4) is 0 Å². The molecule has 0 radical (unpaired) electrons. The van der Waals surface area contributed by atoms with Gasteiger partial charge in [0, 0.05) is 13.0 Å². The summed E-state index contributed by atoms with van der Waals surface area (Å²) in [5, 5.41) is 12.2. The van der Waals surface area contributed by atoms with E-state index in [9.17, 15) is 14.3 Å². The first-order valence-corrected chi connectivity index (χ1v) is 5.32. The Balaban J connectivity index is 2.62. The second kappa shape index (κ2) is 5.82. The highest BCUT2D eigenvalue weighted by molar-refractivity contribution is 6.30. The zero-order valence-electron chi connectivity index (χ0n) is 8.84. The summed E-state index contributed by atoms with van der Waals surface area (Å²) in [4.78, 5) is 11.0. The van der Waals surface area contributed by atoms with Gasteiger partial charge in [-0.3, -0.25) is 4.79 Å². The topological polar surface area (TPSA) is 49.3 Å². The van der Waals surface area contributed by atoms with Crippen LogP contribution in [0.3, 0.4) is 0 Å². The lowest BCUT2D eigenvalue weighted by molar-refractivity contribution is -0.121. The molecule has 2 N–H and O–H groups in total. The molecule has 0 heterocycles. The molecule has 0 aliphatic carbocycles. The maximum absolute atomic E-state index is 13.1. The molecular formula is C11H13ClFNO2. The maximum Gasteiger partial charge on any atom is 0.219 e. The van der Waals surface area contributed by atoms with Gasteiger partial charge in [0.25, 0.3) is 0 Å². The van der Waals surface area contributed by atoms with Gasteiger partial charge in [-0.15, -0.1) is 0 Å². The van der Waals surface area contributed by atoms with Crippen molar-refractivity contribution in [3.63, 3.8) is 0 Å². The molecule has 88 valence electrons. The Morgan fingerprint density at radius 3 is 2.88 bits per heavy atom. The molecule has 0 fully saturated rings. The normalized spacial score (nSPS) is 12.2. The van der Waals surface area contributed by atoms with Gasteiger partial charge in [0.2, 0.25) is 5.91 Å². The molecule has 16 heavy (non-hydrogen) atoms. The average molecular weight is 246 g/mol. The van der Waals surface area contributed by atoms with E-state index in [-0.39, 0.29) is 17.5 Å². The summed E-state index contributed by atoms with van der Waals surface area (Å²) in [6, 6.07) is 4.05. The largest absolute Gasteiger partial charge is 0.387 e. The van der Waals surface area contributed by atoms with Crippen molar-refractivity contribution in [2.45, 2.75) is 19.4 Å². The summed E-state index contributed by atoms with van der Waals surface area (Å²) < 4.78 is 13.1. The van der Waals surface area contributed by atoms with Gasteiger partial charge in [0.15, 0.2) is 0 Å². The predicted molar refractivity (Wildman–Crippen MR) is 59.7 cm³/mol. The van der Waals surface area contributed by atoms with Crippen LogP contribution >= 0.6 is 11.6 Å². The monoisotopic (exact) mass is 245 g/mol. The van der Waals surface area contributed by atoms with Gasteiger partial charge in [-0.25, -0.2) is 4.39 Å². The Kier molecular flexibility index (Phi) is 4.71. The first-order valence-electron chi connectivity index (χ1n) is 4.94. The summed E-state index contributed by atoms with van der Waals surface area (Å²) in [5.41, 5.74) is 0.387. The van der Waals surface area contributed by atoms with Gasteiger partial charge in [-0.2, -0.15) is 0 Å². The molecule has 0 spiro atoms.